The minimum atomic E-state index is -5.18. The van der Waals surface area contributed by atoms with Gasteiger partial charge in [0.25, 0.3) is 0 Å². The average Bonchev–Trinajstić information content (AvgIpc) is 4.14. The van der Waals surface area contributed by atoms with Crippen molar-refractivity contribution >= 4 is 65.4 Å². The first-order valence-electron chi connectivity index (χ1n) is 24.8. The van der Waals surface area contributed by atoms with Crippen molar-refractivity contribution in [3.05, 3.63) is 242 Å². The molecule has 4 heterocycles. The van der Waals surface area contributed by atoms with E-state index in [1.807, 2.05) is 109 Å². The van der Waals surface area contributed by atoms with Crippen LogP contribution in [-0.4, -0.2) is 28.7 Å². The Morgan fingerprint density at radius 1 is 0.273 bits per heavy atom. The standard InChI is InChI=1S/C65H38F6N6/c66-64(67,68)41-27-31-46(54(35-41)65(69,70)71)45-32-28-42(38-53(45)63-73-61(39-15-3-1-4-16-39)72-62(74-63)40-17-5-2-6-18-40)77-59-33-29-43(75-55-23-11-7-19-47(55)48-20-8-12-24-56(48)75)36-51(59)52-37-44(30-34-60(52)77)76-57-25-13-9-21-49(57)50-22-10-14-26-58(50)76/h1-38H. The molecule has 0 aliphatic heterocycles. The summed E-state index contributed by atoms with van der Waals surface area (Å²) in [5, 5.41) is 6.23. The van der Waals surface area contributed by atoms with Gasteiger partial charge in [0.1, 0.15) is 0 Å². The second-order valence-corrected chi connectivity index (χ2v) is 19.0. The van der Waals surface area contributed by atoms with Gasteiger partial charge < -0.3 is 13.7 Å². The fourth-order valence-electron chi connectivity index (χ4n) is 11.2. The Labute approximate surface area is 435 Å². The Balaban J connectivity index is 1.07. The lowest BCUT2D eigenvalue weighted by Gasteiger charge is -2.19. The Hall–Kier alpha value is -9.81. The van der Waals surface area contributed by atoms with Gasteiger partial charge in [-0.05, 0) is 96.1 Å². The predicted molar refractivity (Wildman–Crippen MR) is 295 cm³/mol. The van der Waals surface area contributed by atoms with Crippen LogP contribution in [0.25, 0.3) is 128 Å². The quantitative estimate of drug-likeness (QED) is 0.150. The van der Waals surface area contributed by atoms with E-state index in [0.717, 1.165) is 82.9 Å². The van der Waals surface area contributed by atoms with E-state index in [2.05, 4.69) is 98.6 Å². The van der Waals surface area contributed by atoms with Crippen LogP contribution >= 0.6 is 0 Å². The summed E-state index contributed by atoms with van der Waals surface area (Å²) in [6.07, 6.45) is -10.2. The van der Waals surface area contributed by atoms with Gasteiger partial charge in [-0.3, -0.25) is 0 Å². The van der Waals surface area contributed by atoms with E-state index in [9.17, 15) is 13.2 Å². The van der Waals surface area contributed by atoms with Crippen LogP contribution in [0.1, 0.15) is 11.1 Å². The smallest absolute Gasteiger partial charge is 0.309 e. The number of rotatable bonds is 7. The maximum absolute atomic E-state index is 15.3. The Kier molecular flexibility index (Phi) is 10.3. The molecule has 0 aliphatic rings. The normalized spacial score (nSPS) is 12.3. The molecule has 370 valence electrons. The molecule has 0 atom stereocenters. The summed E-state index contributed by atoms with van der Waals surface area (Å²) in [7, 11) is 0. The van der Waals surface area contributed by atoms with E-state index in [0.29, 0.717) is 22.9 Å². The molecular weight excluding hydrogens is 979 g/mol. The fourth-order valence-corrected chi connectivity index (χ4v) is 11.2. The molecule has 0 bridgehead atoms. The number of hydrogen-bond acceptors (Lipinski definition) is 3. The Bertz CT molecular complexity index is 4330. The van der Waals surface area contributed by atoms with Crippen LogP contribution < -0.4 is 0 Å². The zero-order valence-electron chi connectivity index (χ0n) is 40.4. The molecule has 14 aromatic rings. The molecule has 0 aliphatic carbocycles. The van der Waals surface area contributed by atoms with Gasteiger partial charge in [-0.15, -0.1) is 0 Å². The van der Waals surface area contributed by atoms with Gasteiger partial charge in [-0.1, -0.05) is 146 Å². The third kappa shape index (κ3) is 7.54. The minimum absolute atomic E-state index is 0.0191. The lowest BCUT2D eigenvalue weighted by atomic mass is 9.92. The summed E-state index contributed by atoms with van der Waals surface area (Å²) in [5.41, 5.74) is 6.12. The Morgan fingerprint density at radius 3 is 1.06 bits per heavy atom. The lowest BCUT2D eigenvalue weighted by molar-refractivity contribution is -0.142. The maximum atomic E-state index is 15.3. The zero-order chi connectivity index (χ0) is 52.2. The Morgan fingerprint density at radius 2 is 0.636 bits per heavy atom. The molecule has 0 saturated carbocycles. The van der Waals surface area contributed by atoms with Crippen LogP contribution in [-0.2, 0) is 12.4 Å². The molecule has 0 fully saturated rings. The van der Waals surface area contributed by atoms with E-state index in [4.69, 9.17) is 15.0 Å². The molecule has 0 spiro atoms. The number of alkyl halides is 6. The van der Waals surface area contributed by atoms with Gasteiger partial charge >= 0.3 is 12.4 Å². The number of hydrogen-bond donors (Lipinski definition) is 0. The van der Waals surface area contributed by atoms with Crippen molar-refractivity contribution < 1.29 is 26.3 Å². The van der Waals surface area contributed by atoms with Crippen LogP contribution in [0.5, 0.6) is 0 Å². The first-order chi connectivity index (χ1) is 37.5. The van der Waals surface area contributed by atoms with Crippen molar-refractivity contribution in [2.45, 2.75) is 12.4 Å². The zero-order valence-corrected chi connectivity index (χ0v) is 40.4. The first kappa shape index (κ1) is 45.8. The SMILES string of the molecule is FC(F)(F)c1ccc(-c2ccc(-n3c4ccc(-n5c6ccccc6c6ccccc65)cc4c4cc(-n5c6ccccc6c6ccccc65)ccc43)cc2-c2nc(-c3ccccc3)nc(-c3ccccc3)n2)c(C(F)(F)F)c1. The first-order valence-corrected chi connectivity index (χ1v) is 24.8. The van der Waals surface area contributed by atoms with Crippen LogP contribution in [0.3, 0.4) is 0 Å². The topological polar surface area (TPSA) is 53.5 Å². The molecule has 77 heavy (non-hydrogen) atoms. The number of nitrogens with zero attached hydrogens (tertiary/aromatic N) is 6. The van der Waals surface area contributed by atoms with Gasteiger partial charge in [-0.25, -0.2) is 15.0 Å². The molecule has 10 aromatic carbocycles. The number of fused-ring (bicyclic) bond motifs is 9. The lowest BCUT2D eigenvalue weighted by Crippen LogP contribution is -2.12. The summed E-state index contributed by atoms with van der Waals surface area (Å²) in [6, 6.07) is 70.8. The molecule has 0 amide bonds. The van der Waals surface area contributed by atoms with E-state index in [1.165, 1.54) is 6.07 Å². The maximum Gasteiger partial charge on any atom is 0.417 e. The van der Waals surface area contributed by atoms with Crippen molar-refractivity contribution in [2.75, 3.05) is 0 Å². The van der Waals surface area contributed by atoms with Crippen molar-refractivity contribution in [1.29, 1.82) is 0 Å². The van der Waals surface area contributed by atoms with Crippen LogP contribution in [0.15, 0.2) is 231 Å². The second kappa shape index (κ2) is 17.4. The highest BCUT2D eigenvalue weighted by molar-refractivity contribution is 6.14. The van der Waals surface area contributed by atoms with E-state index in [-0.39, 0.29) is 34.7 Å². The molecule has 12 heteroatoms. The molecule has 0 saturated heterocycles. The van der Waals surface area contributed by atoms with Gasteiger partial charge in [-0.2, -0.15) is 26.3 Å². The van der Waals surface area contributed by atoms with E-state index >= 15 is 13.2 Å². The van der Waals surface area contributed by atoms with Gasteiger partial charge in [0.05, 0.1) is 44.2 Å². The van der Waals surface area contributed by atoms with Crippen LogP contribution in [0.2, 0.25) is 0 Å². The summed E-state index contributed by atoms with van der Waals surface area (Å²) in [5.74, 6) is 0.522. The molecular formula is C65H38F6N6. The predicted octanol–water partition coefficient (Wildman–Crippen LogP) is 17.9. The highest BCUT2D eigenvalue weighted by Gasteiger charge is 2.39. The molecule has 4 aromatic heterocycles. The third-order valence-corrected chi connectivity index (χ3v) is 14.6. The molecule has 6 nitrogen and oxygen atoms in total. The average molecular weight is 1020 g/mol. The van der Waals surface area contributed by atoms with Gasteiger partial charge in [0, 0.05) is 66.1 Å². The molecule has 0 radical (unpaired) electrons. The number of aromatic nitrogens is 6. The largest absolute Gasteiger partial charge is 0.417 e. The highest BCUT2D eigenvalue weighted by atomic mass is 19.4. The summed E-state index contributed by atoms with van der Waals surface area (Å²) < 4.78 is 94.9. The number of benzene rings is 10. The molecule has 0 N–H and O–H groups in total. The number of para-hydroxylation sites is 4. The van der Waals surface area contributed by atoms with Crippen molar-refractivity contribution in [3.63, 3.8) is 0 Å². The highest BCUT2D eigenvalue weighted by Crippen LogP contribution is 2.46. The second-order valence-electron chi connectivity index (χ2n) is 19.0. The summed E-state index contributed by atoms with van der Waals surface area (Å²) >= 11 is 0. The van der Waals surface area contributed by atoms with Gasteiger partial charge in [0.15, 0.2) is 17.5 Å². The van der Waals surface area contributed by atoms with Crippen molar-refractivity contribution in [2.24, 2.45) is 0 Å². The third-order valence-electron chi connectivity index (χ3n) is 14.6. The van der Waals surface area contributed by atoms with Crippen molar-refractivity contribution in [1.82, 2.24) is 28.7 Å². The molecule has 0 unspecified atom stereocenters. The fraction of sp³-hybridized carbons (Fsp3) is 0.0308. The number of halogens is 6. The molecule has 14 rings (SSSR count). The van der Waals surface area contributed by atoms with E-state index < -0.39 is 29.0 Å². The van der Waals surface area contributed by atoms with Crippen LogP contribution in [0.4, 0.5) is 26.3 Å². The summed E-state index contributed by atoms with van der Waals surface area (Å²) in [6.45, 7) is 0. The monoisotopic (exact) mass is 1020 g/mol. The summed E-state index contributed by atoms with van der Waals surface area (Å²) in [4.78, 5) is 14.8. The van der Waals surface area contributed by atoms with E-state index in [1.54, 1.807) is 12.1 Å². The minimum Gasteiger partial charge on any atom is -0.309 e. The van der Waals surface area contributed by atoms with Crippen LogP contribution in [0, 0.1) is 0 Å². The van der Waals surface area contributed by atoms with Crippen molar-refractivity contribution in [3.8, 4) is 62.4 Å². The van der Waals surface area contributed by atoms with Gasteiger partial charge in [0.2, 0.25) is 0 Å².